The van der Waals surface area contributed by atoms with Gasteiger partial charge in [0.05, 0.1) is 26.7 Å². The highest BCUT2D eigenvalue weighted by Crippen LogP contribution is 2.38. The average molecular weight is 480 g/mol. The minimum Gasteiger partial charge on any atom is -0.493 e. The molecule has 0 radical (unpaired) electrons. The van der Waals surface area contributed by atoms with E-state index in [0.717, 1.165) is 26.2 Å². The van der Waals surface area contributed by atoms with Gasteiger partial charge < -0.3 is 14.2 Å². The summed E-state index contributed by atoms with van der Waals surface area (Å²) in [5.41, 5.74) is 4.98. The monoisotopic (exact) mass is 479 g/mol. The van der Waals surface area contributed by atoms with Gasteiger partial charge in [0.2, 0.25) is 11.7 Å². The van der Waals surface area contributed by atoms with Crippen LogP contribution in [-0.4, -0.2) is 36.9 Å². The predicted molar refractivity (Wildman–Crippen MR) is 133 cm³/mol. The number of methoxy groups -OCH3 is 3. The lowest BCUT2D eigenvalue weighted by molar-refractivity contribution is -0.117. The Morgan fingerprint density at radius 2 is 1.74 bits per heavy atom. The number of thiophene rings is 1. The van der Waals surface area contributed by atoms with Crippen LogP contribution in [-0.2, 0) is 11.2 Å². The summed E-state index contributed by atoms with van der Waals surface area (Å²) in [5, 5.41) is 0.501. The average Bonchev–Trinajstić information content (AvgIpc) is 3.20. The fourth-order valence-corrected chi connectivity index (χ4v) is 4.87. The van der Waals surface area contributed by atoms with Crippen molar-refractivity contribution in [3.05, 3.63) is 69.6 Å². The number of hydrogen-bond acceptors (Lipinski definition) is 7. The lowest BCUT2D eigenvalue weighted by atomic mass is 10.0. The molecule has 4 rings (SSSR count). The van der Waals surface area contributed by atoms with E-state index in [1.54, 1.807) is 26.4 Å². The first kappa shape index (κ1) is 23.3. The molecule has 4 aromatic rings. The van der Waals surface area contributed by atoms with Gasteiger partial charge in [0.1, 0.15) is 11.2 Å². The van der Waals surface area contributed by atoms with Gasteiger partial charge in [-0.15, -0.1) is 11.3 Å². The van der Waals surface area contributed by atoms with Crippen molar-refractivity contribution in [2.45, 2.75) is 19.8 Å². The van der Waals surface area contributed by atoms with E-state index in [2.05, 4.69) is 10.4 Å². The summed E-state index contributed by atoms with van der Waals surface area (Å²) < 4.78 is 17.2. The molecule has 0 saturated heterocycles. The van der Waals surface area contributed by atoms with Crippen LogP contribution in [0.2, 0.25) is 0 Å². The van der Waals surface area contributed by atoms with Gasteiger partial charge in [-0.25, -0.2) is 9.66 Å². The molecule has 2 aromatic carbocycles. The molecule has 1 N–H and O–H groups in total. The van der Waals surface area contributed by atoms with Crippen molar-refractivity contribution in [1.29, 1.82) is 0 Å². The Morgan fingerprint density at radius 3 is 2.35 bits per heavy atom. The Morgan fingerprint density at radius 1 is 1.06 bits per heavy atom. The molecule has 0 atom stereocenters. The number of carbonyl (C=O) groups excluding carboxylic acids is 1. The number of aryl methyl sites for hydroxylation is 2. The Kier molecular flexibility index (Phi) is 6.83. The largest absolute Gasteiger partial charge is 0.493 e. The van der Waals surface area contributed by atoms with Gasteiger partial charge in [0, 0.05) is 16.9 Å². The highest BCUT2D eigenvalue weighted by atomic mass is 32.1. The third kappa shape index (κ3) is 4.47. The van der Waals surface area contributed by atoms with Crippen molar-refractivity contribution < 1.29 is 19.0 Å². The molecule has 1 amide bonds. The molecule has 0 aliphatic carbocycles. The predicted octanol–water partition coefficient (Wildman–Crippen LogP) is 4.16. The van der Waals surface area contributed by atoms with Crippen LogP contribution in [0.3, 0.4) is 0 Å². The van der Waals surface area contributed by atoms with Gasteiger partial charge in [0.25, 0.3) is 5.56 Å². The van der Waals surface area contributed by atoms with Crippen LogP contribution in [0.1, 0.15) is 16.9 Å². The molecule has 0 fully saturated rings. The number of carbonyl (C=O) groups is 1. The maximum atomic E-state index is 13.3. The Hall–Kier alpha value is -3.85. The first-order valence-electron chi connectivity index (χ1n) is 10.6. The van der Waals surface area contributed by atoms with Crippen molar-refractivity contribution >= 4 is 27.5 Å². The second-order valence-corrected chi connectivity index (χ2v) is 8.77. The number of ether oxygens (including phenoxy) is 3. The highest BCUT2D eigenvalue weighted by Gasteiger charge is 2.18. The number of rotatable bonds is 8. The number of benzene rings is 2. The quantitative estimate of drug-likeness (QED) is 0.408. The molecule has 34 heavy (non-hydrogen) atoms. The van der Waals surface area contributed by atoms with Crippen molar-refractivity contribution in [1.82, 2.24) is 9.66 Å². The molecule has 0 spiro atoms. The van der Waals surface area contributed by atoms with E-state index >= 15 is 0 Å². The smallest absolute Gasteiger partial charge is 0.281 e. The zero-order valence-electron chi connectivity index (χ0n) is 19.4. The molecular formula is C25H25N3O5S. The summed E-state index contributed by atoms with van der Waals surface area (Å²) in [7, 11) is 4.62. The van der Waals surface area contributed by atoms with Crippen molar-refractivity contribution in [2.75, 3.05) is 26.8 Å². The molecule has 176 valence electrons. The summed E-state index contributed by atoms with van der Waals surface area (Å²) >= 11 is 1.46. The Balaban J connectivity index is 1.56. The number of aromatic nitrogens is 2. The van der Waals surface area contributed by atoms with Gasteiger partial charge in [-0.05, 0) is 36.6 Å². The number of amides is 1. The molecule has 0 saturated carbocycles. The summed E-state index contributed by atoms with van der Waals surface area (Å²) in [6.07, 6.45) is 1.92. The van der Waals surface area contributed by atoms with E-state index < -0.39 is 0 Å². The number of fused-ring (bicyclic) bond motifs is 1. The summed E-state index contributed by atoms with van der Waals surface area (Å²) in [4.78, 5) is 32.0. The third-order valence-corrected chi connectivity index (χ3v) is 6.47. The Bertz CT molecular complexity index is 1370. The molecule has 2 aromatic heterocycles. The standard InChI is InChI=1S/C25H25N3O5S/c1-15-21(17-8-6-5-7-9-17)22-24(34-15)26-14-28(25(22)30)27-20(29)11-10-16-12-18(31-2)23(33-4)19(13-16)32-3/h5-9,12-14H,10-11H2,1-4H3,(H,27,29). The number of nitrogens with zero attached hydrogens (tertiary/aromatic N) is 2. The first-order chi connectivity index (χ1) is 16.5. The lowest BCUT2D eigenvalue weighted by Gasteiger charge is -2.14. The van der Waals surface area contributed by atoms with Gasteiger partial charge in [-0.2, -0.15) is 0 Å². The third-order valence-electron chi connectivity index (χ3n) is 5.46. The molecule has 8 nitrogen and oxygen atoms in total. The SMILES string of the molecule is COc1cc(CCC(=O)Nn2cnc3sc(C)c(-c4ccccc4)c3c2=O)cc(OC)c1OC. The maximum Gasteiger partial charge on any atom is 0.281 e. The first-order valence-corrected chi connectivity index (χ1v) is 11.4. The summed E-state index contributed by atoms with van der Waals surface area (Å²) in [5.74, 6) is 1.21. The zero-order chi connectivity index (χ0) is 24.2. The molecule has 2 heterocycles. The van der Waals surface area contributed by atoms with Crippen LogP contribution in [0, 0.1) is 6.92 Å². The minimum absolute atomic E-state index is 0.150. The maximum absolute atomic E-state index is 13.3. The van der Waals surface area contributed by atoms with E-state index in [-0.39, 0.29) is 17.9 Å². The molecule has 0 aliphatic rings. The molecule has 0 bridgehead atoms. The van der Waals surface area contributed by atoms with Crippen LogP contribution < -0.4 is 25.2 Å². The lowest BCUT2D eigenvalue weighted by Crippen LogP contribution is -2.33. The normalized spacial score (nSPS) is 10.8. The Labute approximate surface area is 200 Å². The highest BCUT2D eigenvalue weighted by molar-refractivity contribution is 7.19. The van der Waals surface area contributed by atoms with E-state index in [1.807, 2.05) is 37.3 Å². The van der Waals surface area contributed by atoms with Gasteiger partial charge in [0.15, 0.2) is 11.5 Å². The molecule has 0 aliphatic heterocycles. The van der Waals surface area contributed by atoms with E-state index in [4.69, 9.17) is 14.2 Å². The van der Waals surface area contributed by atoms with Crippen molar-refractivity contribution in [3.63, 3.8) is 0 Å². The second-order valence-electron chi connectivity index (χ2n) is 7.57. The molecule has 0 unspecified atom stereocenters. The van der Waals surface area contributed by atoms with E-state index in [0.29, 0.717) is 33.9 Å². The van der Waals surface area contributed by atoms with Crippen LogP contribution in [0.4, 0.5) is 0 Å². The van der Waals surface area contributed by atoms with Crippen LogP contribution in [0.25, 0.3) is 21.3 Å². The minimum atomic E-state index is -0.315. The van der Waals surface area contributed by atoms with Gasteiger partial charge in [-0.3, -0.25) is 15.0 Å². The van der Waals surface area contributed by atoms with Crippen LogP contribution in [0.5, 0.6) is 17.2 Å². The van der Waals surface area contributed by atoms with Crippen LogP contribution in [0.15, 0.2) is 53.6 Å². The van der Waals surface area contributed by atoms with E-state index in [9.17, 15) is 9.59 Å². The van der Waals surface area contributed by atoms with Gasteiger partial charge in [-0.1, -0.05) is 30.3 Å². The van der Waals surface area contributed by atoms with Crippen molar-refractivity contribution in [3.8, 4) is 28.4 Å². The molecule has 9 heteroatoms. The van der Waals surface area contributed by atoms with Crippen molar-refractivity contribution in [2.24, 2.45) is 0 Å². The number of hydrogen-bond donors (Lipinski definition) is 1. The fraction of sp³-hybridized carbons (Fsp3) is 0.240. The summed E-state index contributed by atoms with van der Waals surface area (Å²) in [6.45, 7) is 1.97. The number of nitrogens with one attached hydrogen (secondary N) is 1. The summed E-state index contributed by atoms with van der Waals surface area (Å²) in [6, 6.07) is 13.3. The van der Waals surface area contributed by atoms with Gasteiger partial charge >= 0.3 is 0 Å². The zero-order valence-corrected chi connectivity index (χ0v) is 20.2. The van der Waals surface area contributed by atoms with Crippen LogP contribution >= 0.6 is 11.3 Å². The van der Waals surface area contributed by atoms with E-state index in [1.165, 1.54) is 24.8 Å². The second kappa shape index (κ2) is 9.96. The fourth-order valence-electron chi connectivity index (χ4n) is 3.86. The molecular weight excluding hydrogens is 454 g/mol. The topological polar surface area (TPSA) is 91.7 Å².